The number of guanidine groups is 1. The quantitative estimate of drug-likeness (QED) is 0.409. The third-order valence-corrected chi connectivity index (χ3v) is 4.09. The SMILES string of the molecule is CCNC(=NCC(C)(C)N1CCOCC1)NCCCC(C)C. The highest BCUT2D eigenvalue weighted by molar-refractivity contribution is 5.79. The van der Waals surface area contributed by atoms with Gasteiger partial charge in [0.2, 0.25) is 0 Å². The van der Waals surface area contributed by atoms with Crippen molar-refractivity contribution in [3.8, 4) is 0 Å². The van der Waals surface area contributed by atoms with E-state index in [2.05, 4.69) is 50.2 Å². The molecule has 0 radical (unpaired) electrons. The lowest BCUT2D eigenvalue weighted by molar-refractivity contribution is -0.00683. The Hall–Kier alpha value is -0.810. The predicted octanol–water partition coefficient (Wildman–Crippen LogP) is 2.09. The van der Waals surface area contributed by atoms with Gasteiger partial charge in [0, 0.05) is 31.7 Å². The summed E-state index contributed by atoms with van der Waals surface area (Å²) in [6, 6.07) is 0. The summed E-state index contributed by atoms with van der Waals surface area (Å²) in [7, 11) is 0. The second kappa shape index (κ2) is 10.1. The molecule has 0 spiro atoms. The highest BCUT2D eigenvalue weighted by Gasteiger charge is 2.27. The monoisotopic (exact) mass is 312 g/mol. The van der Waals surface area contributed by atoms with E-state index in [-0.39, 0.29) is 5.54 Å². The van der Waals surface area contributed by atoms with Crippen LogP contribution in [0.15, 0.2) is 4.99 Å². The zero-order chi connectivity index (χ0) is 16.4. The second-order valence-electron chi connectivity index (χ2n) is 7.07. The van der Waals surface area contributed by atoms with Crippen molar-refractivity contribution < 1.29 is 4.74 Å². The van der Waals surface area contributed by atoms with E-state index in [0.29, 0.717) is 0 Å². The lowest BCUT2D eigenvalue weighted by Crippen LogP contribution is -2.52. The van der Waals surface area contributed by atoms with Gasteiger partial charge in [-0.3, -0.25) is 9.89 Å². The molecule has 1 fully saturated rings. The summed E-state index contributed by atoms with van der Waals surface area (Å²) in [6.45, 7) is 17.5. The molecule has 1 rings (SSSR count). The van der Waals surface area contributed by atoms with Crippen molar-refractivity contribution >= 4 is 5.96 Å². The van der Waals surface area contributed by atoms with Crippen LogP contribution in [-0.2, 0) is 4.74 Å². The van der Waals surface area contributed by atoms with Gasteiger partial charge in [-0.1, -0.05) is 13.8 Å². The van der Waals surface area contributed by atoms with E-state index < -0.39 is 0 Å². The molecule has 0 aromatic rings. The molecule has 1 heterocycles. The highest BCUT2D eigenvalue weighted by atomic mass is 16.5. The van der Waals surface area contributed by atoms with E-state index in [0.717, 1.165) is 57.8 Å². The summed E-state index contributed by atoms with van der Waals surface area (Å²) < 4.78 is 5.44. The lowest BCUT2D eigenvalue weighted by Gasteiger charge is -2.39. The maximum Gasteiger partial charge on any atom is 0.191 e. The van der Waals surface area contributed by atoms with Crippen molar-refractivity contribution in [2.75, 3.05) is 45.9 Å². The van der Waals surface area contributed by atoms with Crippen LogP contribution in [0.3, 0.4) is 0 Å². The van der Waals surface area contributed by atoms with Crippen LogP contribution in [0, 0.1) is 5.92 Å². The third kappa shape index (κ3) is 7.45. The average molecular weight is 313 g/mol. The zero-order valence-corrected chi connectivity index (χ0v) is 15.2. The first-order valence-corrected chi connectivity index (χ1v) is 8.80. The van der Waals surface area contributed by atoms with Gasteiger partial charge in [-0.05, 0) is 39.5 Å². The number of hydrogen-bond donors (Lipinski definition) is 2. The number of rotatable bonds is 8. The zero-order valence-electron chi connectivity index (χ0n) is 15.2. The van der Waals surface area contributed by atoms with Crippen LogP contribution in [0.25, 0.3) is 0 Å². The Morgan fingerprint density at radius 2 is 1.91 bits per heavy atom. The van der Waals surface area contributed by atoms with Crippen molar-refractivity contribution in [3.63, 3.8) is 0 Å². The Bertz CT molecular complexity index is 323. The van der Waals surface area contributed by atoms with Crippen LogP contribution in [0.1, 0.15) is 47.5 Å². The number of hydrogen-bond acceptors (Lipinski definition) is 3. The minimum absolute atomic E-state index is 0.0735. The Morgan fingerprint density at radius 1 is 1.23 bits per heavy atom. The van der Waals surface area contributed by atoms with Gasteiger partial charge in [0.25, 0.3) is 0 Å². The van der Waals surface area contributed by atoms with Crippen LogP contribution in [0.2, 0.25) is 0 Å². The van der Waals surface area contributed by atoms with Gasteiger partial charge in [-0.15, -0.1) is 0 Å². The molecule has 0 saturated carbocycles. The average Bonchev–Trinajstić information content (AvgIpc) is 2.49. The smallest absolute Gasteiger partial charge is 0.191 e. The van der Waals surface area contributed by atoms with Crippen molar-refractivity contribution in [1.82, 2.24) is 15.5 Å². The predicted molar refractivity (Wildman–Crippen MR) is 94.5 cm³/mol. The van der Waals surface area contributed by atoms with E-state index in [1.54, 1.807) is 0 Å². The first-order valence-electron chi connectivity index (χ1n) is 8.80. The molecule has 0 aromatic carbocycles. The van der Waals surface area contributed by atoms with Crippen LogP contribution >= 0.6 is 0 Å². The number of morpholine rings is 1. The van der Waals surface area contributed by atoms with Crippen molar-refractivity contribution in [3.05, 3.63) is 0 Å². The molecule has 2 N–H and O–H groups in total. The number of nitrogens with zero attached hydrogens (tertiary/aromatic N) is 2. The van der Waals surface area contributed by atoms with E-state index >= 15 is 0 Å². The third-order valence-electron chi connectivity index (χ3n) is 4.09. The van der Waals surface area contributed by atoms with Gasteiger partial charge < -0.3 is 15.4 Å². The molecule has 0 unspecified atom stereocenters. The van der Waals surface area contributed by atoms with E-state index in [1.165, 1.54) is 12.8 Å². The Labute approximate surface area is 136 Å². The summed E-state index contributed by atoms with van der Waals surface area (Å²) >= 11 is 0. The molecule has 0 atom stereocenters. The fourth-order valence-electron chi connectivity index (χ4n) is 2.60. The van der Waals surface area contributed by atoms with Gasteiger partial charge >= 0.3 is 0 Å². The minimum atomic E-state index is 0.0735. The Balaban J connectivity index is 2.45. The standard InChI is InChI=1S/C17H36N4O/c1-6-18-16(19-9-7-8-15(2)3)20-14-17(4,5)21-10-12-22-13-11-21/h15H,6-14H2,1-5H3,(H2,18,19,20). The van der Waals surface area contributed by atoms with Crippen LogP contribution < -0.4 is 10.6 Å². The molecular weight excluding hydrogens is 276 g/mol. The molecule has 1 aliphatic heterocycles. The molecule has 1 aliphatic rings. The van der Waals surface area contributed by atoms with Gasteiger partial charge in [0.15, 0.2) is 5.96 Å². The van der Waals surface area contributed by atoms with Crippen molar-refractivity contribution in [2.24, 2.45) is 10.9 Å². The Morgan fingerprint density at radius 3 is 2.50 bits per heavy atom. The fourth-order valence-corrected chi connectivity index (χ4v) is 2.60. The molecule has 0 aliphatic carbocycles. The minimum Gasteiger partial charge on any atom is -0.379 e. The van der Waals surface area contributed by atoms with Crippen molar-refractivity contribution in [2.45, 2.75) is 53.0 Å². The molecule has 130 valence electrons. The maximum atomic E-state index is 5.44. The van der Waals surface area contributed by atoms with Gasteiger partial charge in [-0.2, -0.15) is 0 Å². The molecule has 0 amide bonds. The van der Waals surface area contributed by atoms with E-state index in [1.807, 2.05) is 0 Å². The summed E-state index contributed by atoms with van der Waals surface area (Å²) in [5.74, 6) is 1.70. The molecule has 0 bridgehead atoms. The first-order chi connectivity index (χ1) is 10.5. The molecule has 22 heavy (non-hydrogen) atoms. The summed E-state index contributed by atoms with van der Waals surface area (Å²) in [4.78, 5) is 7.26. The molecular formula is C17H36N4O. The van der Waals surface area contributed by atoms with Gasteiger partial charge in [0.05, 0.1) is 19.8 Å². The fraction of sp³-hybridized carbons (Fsp3) is 0.941. The highest BCUT2D eigenvalue weighted by Crippen LogP contribution is 2.16. The summed E-state index contributed by atoms with van der Waals surface area (Å²) in [6.07, 6.45) is 2.45. The van der Waals surface area contributed by atoms with Crippen LogP contribution in [0.5, 0.6) is 0 Å². The summed E-state index contributed by atoms with van der Waals surface area (Å²) in [5, 5.41) is 6.79. The van der Waals surface area contributed by atoms with E-state index in [4.69, 9.17) is 9.73 Å². The molecule has 5 nitrogen and oxygen atoms in total. The number of nitrogens with one attached hydrogen (secondary N) is 2. The second-order valence-corrected chi connectivity index (χ2v) is 7.07. The topological polar surface area (TPSA) is 48.9 Å². The molecule has 1 saturated heterocycles. The maximum absolute atomic E-state index is 5.44. The van der Waals surface area contributed by atoms with Crippen molar-refractivity contribution in [1.29, 1.82) is 0 Å². The number of ether oxygens (including phenoxy) is 1. The first kappa shape index (κ1) is 19.2. The molecule has 5 heteroatoms. The normalized spacial score (nSPS) is 17.8. The Kier molecular flexibility index (Phi) is 8.79. The number of aliphatic imine (C=N–C) groups is 1. The van der Waals surface area contributed by atoms with Crippen LogP contribution in [-0.4, -0.2) is 62.3 Å². The van der Waals surface area contributed by atoms with E-state index in [9.17, 15) is 0 Å². The largest absolute Gasteiger partial charge is 0.379 e. The lowest BCUT2D eigenvalue weighted by atomic mass is 10.0. The van der Waals surface area contributed by atoms with Crippen LogP contribution in [0.4, 0.5) is 0 Å². The van der Waals surface area contributed by atoms with Gasteiger partial charge in [-0.25, -0.2) is 0 Å². The van der Waals surface area contributed by atoms with Gasteiger partial charge in [0.1, 0.15) is 0 Å². The summed E-state index contributed by atoms with van der Waals surface area (Å²) in [5.41, 5.74) is 0.0735. The molecule has 0 aromatic heterocycles.